The van der Waals surface area contributed by atoms with Gasteiger partial charge in [0.1, 0.15) is 6.54 Å². The van der Waals surface area contributed by atoms with E-state index in [0.717, 1.165) is 10.5 Å². The van der Waals surface area contributed by atoms with Gasteiger partial charge in [0.2, 0.25) is 0 Å². The predicted octanol–water partition coefficient (Wildman–Crippen LogP) is 2.70. The van der Waals surface area contributed by atoms with Gasteiger partial charge in [0.05, 0.1) is 22.8 Å². The summed E-state index contributed by atoms with van der Waals surface area (Å²) in [5, 5.41) is 4.05. The number of nitrogens with zero attached hydrogens (tertiary/aromatic N) is 1. The highest BCUT2D eigenvalue weighted by atomic mass is 35.5. The van der Waals surface area contributed by atoms with Crippen LogP contribution in [-0.4, -0.2) is 24.5 Å². The molecule has 1 atom stereocenters. The molecule has 1 aromatic carbocycles. The van der Waals surface area contributed by atoms with Gasteiger partial charge in [0.15, 0.2) is 11.7 Å². The lowest BCUT2D eigenvalue weighted by atomic mass is 10.2. The number of carbonyl (C=O) groups is 1. The van der Waals surface area contributed by atoms with Crippen LogP contribution in [0, 0.1) is 0 Å². The fourth-order valence-electron chi connectivity index (χ4n) is 2.02. The van der Waals surface area contributed by atoms with Gasteiger partial charge in [-0.1, -0.05) is 46.9 Å². The maximum atomic E-state index is 12.0. The Hall–Kier alpha value is -1.33. The summed E-state index contributed by atoms with van der Waals surface area (Å²) >= 11 is 18.0. The number of halogens is 3. The molecule has 2 aromatic rings. The van der Waals surface area contributed by atoms with Gasteiger partial charge in [-0.25, -0.2) is 4.98 Å². The molecule has 7 heteroatoms. The number of nitrogens with one attached hydrogen (secondary N) is 2. The van der Waals surface area contributed by atoms with Gasteiger partial charge in [-0.3, -0.25) is 4.79 Å². The first-order chi connectivity index (χ1) is 10.5. The zero-order valence-electron chi connectivity index (χ0n) is 11.9. The Labute approximate surface area is 144 Å². The highest BCUT2D eigenvalue weighted by Gasteiger charge is 2.14. The van der Waals surface area contributed by atoms with Crippen LogP contribution in [0.4, 0.5) is 5.69 Å². The molecule has 116 valence electrons. The Bertz CT molecular complexity index is 679. The maximum absolute atomic E-state index is 12.0. The molecular weight excluding hydrogens is 345 g/mol. The highest BCUT2D eigenvalue weighted by Crippen LogP contribution is 2.24. The number of aromatic nitrogens is 1. The summed E-state index contributed by atoms with van der Waals surface area (Å²) in [6.45, 7) is 0.863. The molecule has 2 N–H and O–H groups in total. The summed E-state index contributed by atoms with van der Waals surface area (Å²) < 4.78 is 0. The zero-order valence-corrected chi connectivity index (χ0v) is 14.1. The number of hydrogen-bond acceptors (Lipinski definition) is 2. The van der Waals surface area contributed by atoms with E-state index >= 15 is 0 Å². The molecule has 22 heavy (non-hydrogen) atoms. The van der Waals surface area contributed by atoms with Gasteiger partial charge in [-0.2, -0.15) is 0 Å². The van der Waals surface area contributed by atoms with Crippen LogP contribution in [0.15, 0.2) is 36.5 Å². The Balaban J connectivity index is 1.94. The third-order valence-corrected chi connectivity index (χ3v) is 4.18. The number of hydrogen-bond donors (Lipinski definition) is 2. The van der Waals surface area contributed by atoms with Crippen molar-refractivity contribution < 1.29 is 9.69 Å². The molecule has 1 amide bonds. The van der Waals surface area contributed by atoms with Crippen molar-refractivity contribution in [2.45, 2.75) is 6.54 Å². The lowest BCUT2D eigenvalue weighted by Gasteiger charge is -2.15. The predicted molar refractivity (Wildman–Crippen MR) is 89.8 cm³/mol. The lowest BCUT2D eigenvalue weighted by Crippen LogP contribution is -3.08. The van der Waals surface area contributed by atoms with Gasteiger partial charge in [0, 0.05) is 11.8 Å². The highest BCUT2D eigenvalue weighted by molar-refractivity contribution is 6.42. The summed E-state index contributed by atoms with van der Waals surface area (Å²) in [6, 6.07) is 8.89. The van der Waals surface area contributed by atoms with Crippen molar-refractivity contribution in [3.8, 4) is 0 Å². The van der Waals surface area contributed by atoms with Crippen LogP contribution in [0.2, 0.25) is 15.2 Å². The third-order valence-electron chi connectivity index (χ3n) is 3.02. The zero-order chi connectivity index (χ0) is 16.1. The van der Waals surface area contributed by atoms with Crippen molar-refractivity contribution in [3.05, 3.63) is 57.3 Å². The summed E-state index contributed by atoms with van der Waals surface area (Å²) in [7, 11) is 1.90. The van der Waals surface area contributed by atoms with Crippen molar-refractivity contribution in [1.29, 1.82) is 0 Å². The summed E-state index contributed by atoms with van der Waals surface area (Å²) in [5.41, 5.74) is 1.40. The van der Waals surface area contributed by atoms with Crippen LogP contribution in [0.1, 0.15) is 5.56 Å². The first kappa shape index (κ1) is 17.0. The number of anilines is 1. The molecule has 0 saturated heterocycles. The van der Waals surface area contributed by atoms with Crippen LogP contribution < -0.4 is 10.2 Å². The van der Waals surface area contributed by atoms with Gasteiger partial charge in [-0.05, 0) is 18.2 Å². The van der Waals surface area contributed by atoms with E-state index in [9.17, 15) is 4.79 Å². The molecule has 2 rings (SSSR count). The molecule has 4 nitrogen and oxygen atoms in total. The average molecular weight is 360 g/mol. The molecule has 0 aliphatic rings. The summed E-state index contributed by atoms with van der Waals surface area (Å²) in [5.74, 6) is -0.148. The van der Waals surface area contributed by atoms with E-state index in [2.05, 4.69) is 10.3 Å². The van der Waals surface area contributed by atoms with Crippen LogP contribution in [-0.2, 0) is 11.3 Å². The van der Waals surface area contributed by atoms with Crippen molar-refractivity contribution >= 4 is 46.4 Å². The quantitative estimate of drug-likeness (QED) is 0.806. The molecule has 0 aliphatic carbocycles. The first-order valence-electron chi connectivity index (χ1n) is 6.62. The molecule has 0 saturated carbocycles. The second-order valence-electron chi connectivity index (χ2n) is 4.91. The first-order valence-corrected chi connectivity index (χ1v) is 7.75. The van der Waals surface area contributed by atoms with Gasteiger partial charge in [0.25, 0.3) is 5.91 Å². The molecule has 0 fully saturated rings. The minimum Gasteiger partial charge on any atom is -0.326 e. The third kappa shape index (κ3) is 4.58. The SMILES string of the molecule is C[NH+](CC(=O)Nc1cccnc1Cl)Cc1cccc(Cl)c1Cl. The van der Waals surface area contributed by atoms with E-state index in [4.69, 9.17) is 34.8 Å². The molecule has 0 spiro atoms. The van der Waals surface area contributed by atoms with E-state index in [1.165, 1.54) is 0 Å². The number of rotatable bonds is 5. The molecular formula is C15H15Cl3N3O+. The number of carbonyl (C=O) groups excluding carboxylic acids is 1. The number of quaternary nitrogens is 1. The summed E-state index contributed by atoms with van der Waals surface area (Å²) in [6.07, 6.45) is 1.57. The fourth-order valence-corrected chi connectivity index (χ4v) is 2.57. The Morgan fingerprint density at radius 3 is 2.73 bits per heavy atom. The van der Waals surface area contributed by atoms with Crippen molar-refractivity contribution in [2.24, 2.45) is 0 Å². The topological polar surface area (TPSA) is 46.4 Å². The van der Waals surface area contributed by atoms with Crippen LogP contribution in [0.25, 0.3) is 0 Å². The molecule has 1 heterocycles. The van der Waals surface area contributed by atoms with E-state index in [0.29, 0.717) is 22.3 Å². The van der Waals surface area contributed by atoms with E-state index in [1.54, 1.807) is 24.4 Å². The minimum absolute atomic E-state index is 0.148. The molecule has 0 radical (unpaired) electrons. The lowest BCUT2D eigenvalue weighted by molar-refractivity contribution is -0.885. The molecule has 1 unspecified atom stereocenters. The largest absolute Gasteiger partial charge is 0.326 e. The average Bonchev–Trinajstić information content (AvgIpc) is 2.46. The number of benzene rings is 1. The summed E-state index contributed by atoms with van der Waals surface area (Å²) in [4.78, 5) is 16.9. The van der Waals surface area contributed by atoms with Gasteiger partial charge in [-0.15, -0.1) is 0 Å². The monoisotopic (exact) mass is 358 g/mol. The normalized spacial score (nSPS) is 12.0. The molecule has 1 aromatic heterocycles. The van der Waals surface area contributed by atoms with Crippen molar-refractivity contribution in [2.75, 3.05) is 18.9 Å². The van der Waals surface area contributed by atoms with E-state index < -0.39 is 0 Å². The Morgan fingerprint density at radius 1 is 1.23 bits per heavy atom. The fraction of sp³-hybridized carbons (Fsp3) is 0.200. The molecule has 0 bridgehead atoms. The van der Waals surface area contributed by atoms with Gasteiger partial charge >= 0.3 is 0 Å². The Morgan fingerprint density at radius 2 is 2.00 bits per heavy atom. The minimum atomic E-state index is -0.148. The van der Waals surface area contributed by atoms with Crippen molar-refractivity contribution in [3.63, 3.8) is 0 Å². The number of likely N-dealkylation sites (N-methyl/N-ethyl adjacent to an activating group) is 1. The van der Waals surface area contributed by atoms with E-state index in [-0.39, 0.29) is 17.6 Å². The van der Waals surface area contributed by atoms with Crippen LogP contribution in [0.3, 0.4) is 0 Å². The van der Waals surface area contributed by atoms with Gasteiger partial charge < -0.3 is 10.2 Å². The standard InChI is InChI=1S/C15H14Cl3N3O/c1-21(8-10-4-2-5-11(16)14(10)17)9-13(22)20-12-6-3-7-19-15(12)18/h2-7H,8-9H2,1H3,(H,20,22)/p+1. The maximum Gasteiger partial charge on any atom is 0.279 e. The number of pyridine rings is 1. The van der Waals surface area contributed by atoms with Crippen LogP contribution in [0.5, 0.6) is 0 Å². The Kier molecular flexibility index (Phi) is 6.03. The second-order valence-corrected chi connectivity index (χ2v) is 6.06. The van der Waals surface area contributed by atoms with Crippen molar-refractivity contribution in [1.82, 2.24) is 4.98 Å². The van der Waals surface area contributed by atoms with Crippen LogP contribution >= 0.6 is 34.8 Å². The number of amides is 1. The second kappa shape index (κ2) is 7.79. The smallest absolute Gasteiger partial charge is 0.279 e. The van der Waals surface area contributed by atoms with E-state index in [1.807, 2.05) is 19.2 Å². The molecule has 0 aliphatic heterocycles.